The van der Waals surface area contributed by atoms with E-state index >= 15 is 0 Å². The Morgan fingerprint density at radius 1 is 1.06 bits per heavy atom. The number of carbonyl (C=O) groups is 2. The first kappa shape index (κ1) is 22.3. The predicted octanol–water partition coefficient (Wildman–Crippen LogP) is 3.64. The van der Waals surface area contributed by atoms with Crippen LogP contribution in [-0.2, 0) is 22.4 Å². The minimum Gasteiger partial charge on any atom is -0.494 e. The van der Waals surface area contributed by atoms with Gasteiger partial charge in [0, 0.05) is 37.9 Å². The highest BCUT2D eigenvalue weighted by Crippen LogP contribution is 2.23. The third-order valence-corrected chi connectivity index (χ3v) is 6.51. The number of hydrogen-bond donors (Lipinski definition) is 0. The molecule has 1 saturated heterocycles. The van der Waals surface area contributed by atoms with E-state index in [-0.39, 0.29) is 24.4 Å². The number of nitrogens with zero attached hydrogens (tertiary/aromatic N) is 3. The summed E-state index contributed by atoms with van der Waals surface area (Å²) in [6.45, 7) is 2.01. The second-order valence-corrected chi connectivity index (χ2v) is 8.80. The molecule has 0 N–H and O–H groups in total. The van der Waals surface area contributed by atoms with Crippen LogP contribution in [0.4, 0.5) is 0 Å². The largest absolute Gasteiger partial charge is 0.494 e. The van der Waals surface area contributed by atoms with Crippen LogP contribution >= 0.6 is 0 Å². The van der Waals surface area contributed by atoms with Crippen molar-refractivity contribution in [1.82, 2.24) is 14.8 Å². The normalized spacial score (nSPS) is 20.1. The number of aryl methyl sites for hydroxylation is 2. The van der Waals surface area contributed by atoms with Crippen LogP contribution in [0.25, 0.3) is 0 Å². The summed E-state index contributed by atoms with van der Waals surface area (Å²) in [6, 6.07) is 12.4. The molecule has 6 heteroatoms. The Hall–Kier alpha value is -2.89. The van der Waals surface area contributed by atoms with Gasteiger partial charge in [-0.3, -0.25) is 14.6 Å². The molecular weight excluding hydrogens is 402 g/mol. The molecule has 0 saturated carbocycles. The van der Waals surface area contributed by atoms with Crippen molar-refractivity contribution in [2.75, 3.05) is 26.2 Å². The molecule has 1 aromatic heterocycles. The van der Waals surface area contributed by atoms with Gasteiger partial charge in [-0.15, -0.1) is 0 Å². The van der Waals surface area contributed by atoms with Gasteiger partial charge in [0.15, 0.2) is 0 Å². The Bertz CT molecular complexity index is 902. The van der Waals surface area contributed by atoms with Crippen LogP contribution in [0.5, 0.6) is 5.75 Å². The lowest BCUT2D eigenvalue weighted by atomic mass is 9.95. The van der Waals surface area contributed by atoms with E-state index in [1.165, 1.54) is 5.56 Å². The SMILES string of the molecule is O=C(CCc1ccncc1)N1CCCOc2cccc(c2)CCC2CCCCN2C(=O)C1. The molecule has 1 atom stereocenters. The molecule has 4 rings (SSSR count). The zero-order valence-corrected chi connectivity index (χ0v) is 18.7. The second kappa shape index (κ2) is 11.1. The van der Waals surface area contributed by atoms with Crippen LogP contribution < -0.4 is 4.74 Å². The topological polar surface area (TPSA) is 62.7 Å². The third kappa shape index (κ3) is 6.09. The minimum absolute atomic E-state index is 0.0258. The Kier molecular flexibility index (Phi) is 7.75. The van der Waals surface area contributed by atoms with E-state index in [4.69, 9.17) is 4.74 Å². The van der Waals surface area contributed by atoms with Crippen molar-refractivity contribution in [1.29, 1.82) is 0 Å². The number of piperidine rings is 1. The Balaban J connectivity index is 1.47. The molecular formula is C26H33N3O3. The van der Waals surface area contributed by atoms with Crippen LogP contribution in [0, 0.1) is 0 Å². The first-order valence-corrected chi connectivity index (χ1v) is 11.9. The lowest BCUT2D eigenvalue weighted by molar-refractivity contribution is -0.143. The molecule has 2 aliphatic rings. The van der Waals surface area contributed by atoms with E-state index < -0.39 is 0 Å². The number of ether oxygens (including phenoxy) is 1. The fourth-order valence-corrected chi connectivity index (χ4v) is 4.70. The fraction of sp³-hybridized carbons (Fsp3) is 0.500. The van der Waals surface area contributed by atoms with E-state index in [9.17, 15) is 9.59 Å². The smallest absolute Gasteiger partial charge is 0.242 e. The fourth-order valence-electron chi connectivity index (χ4n) is 4.70. The number of hydrogen-bond acceptors (Lipinski definition) is 4. The Morgan fingerprint density at radius 2 is 1.94 bits per heavy atom. The lowest BCUT2D eigenvalue weighted by Crippen LogP contribution is -2.49. The Morgan fingerprint density at radius 3 is 2.81 bits per heavy atom. The first-order valence-electron chi connectivity index (χ1n) is 11.9. The number of carbonyl (C=O) groups excluding carboxylic acids is 2. The van der Waals surface area contributed by atoms with E-state index in [2.05, 4.69) is 17.1 Å². The zero-order chi connectivity index (χ0) is 22.2. The van der Waals surface area contributed by atoms with Crippen molar-refractivity contribution in [3.63, 3.8) is 0 Å². The molecule has 2 bridgehead atoms. The van der Waals surface area contributed by atoms with Crippen molar-refractivity contribution in [3.05, 3.63) is 59.9 Å². The predicted molar refractivity (Wildman–Crippen MR) is 123 cm³/mol. The quantitative estimate of drug-likeness (QED) is 0.739. The third-order valence-electron chi connectivity index (χ3n) is 6.51. The minimum atomic E-state index is 0.0258. The van der Waals surface area contributed by atoms with Gasteiger partial charge in [0.25, 0.3) is 0 Å². The summed E-state index contributed by atoms with van der Waals surface area (Å²) < 4.78 is 5.94. The van der Waals surface area contributed by atoms with Gasteiger partial charge in [-0.2, -0.15) is 0 Å². The van der Waals surface area contributed by atoms with Crippen molar-refractivity contribution in [3.8, 4) is 5.75 Å². The average molecular weight is 436 g/mol. The van der Waals surface area contributed by atoms with Gasteiger partial charge in [-0.05, 0) is 80.3 Å². The molecule has 1 aromatic carbocycles. The molecule has 0 spiro atoms. The van der Waals surface area contributed by atoms with Gasteiger partial charge in [-0.1, -0.05) is 12.1 Å². The van der Waals surface area contributed by atoms with Crippen LogP contribution in [-0.4, -0.2) is 58.9 Å². The molecule has 3 heterocycles. The number of fused-ring (bicyclic) bond motifs is 3. The van der Waals surface area contributed by atoms with Gasteiger partial charge in [-0.25, -0.2) is 0 Å². The number of amides is 2. The summed E-state index contributed by atoms with van der Waals surface area (Å²) in [5.41, 5.74) is 2.34. The Labute approximate surface area is 190 Å². The molecule has 170 valence electrons. The highest BCUT2D eigenvalue weighted by molar-refractivity contribution is 5.85. The summed E-state index contributed by atoms with van der Waals surface area (Å²) in [6.07, 6.45) is 10.4. The van der Waals surface area contributed by atoms with Crippen LogP contribution in [0.2, 0.25) is 0 Å². The number of rotatable bonds is 3. The molecule has 2 aromatic rings. The number of pyridine rings is 1. The molecule has 2 aliphatic heterocycles. The molecule has 0 aliphatic carbocycles. The van der Waals surface area contributed by atoms with Gasteiger partial charge in [0.1, 0.15) is 5.75 Å². The maximum Gasteiger partial charge on any atom is 0.242 e. The van der Waals surface area contributed by atoms with Crippen molar-refractivity contribution in [2.24, 2.45) is 0 Å². The molecule has 6 nitrogen and oxygen atoms in total. The maximum atomic E-state index is 13.3. The monoisotopic (exact) mass is 435 g/mol. The van der Waals surface area contributed by atoms with Crippen molar-refractivity contribution in [2.45, 2.75) is 57.4 Å². The van der Waals surface area contributed by atoms with E-state index in [1.807, 2.05) is 29.2 Å². The zero-order valence-electron chi connectivity index (χ0n) is 18.7. The average Bonchev–Trinajstić information content (AvgIpc) is 2.83. The first-order chi connectivity index (χ1) is 15.7. The standard InChI is InChI=1S/C26H33N3O3/c30-25(11-9-21-12-14-27-15-13-21)28-16-4-18-32-24-7-3-5-22(19-24)8-10-23-6-1-2-17-29(23)26(31)20-28/h3,5,7,12-15,19,23H,1-2,4,6,8-11,16-18,20H2. The summed E-state index contributed by atoms with van der Waals surface area (Å²) in [7, 11) is 0. The van der Waals surface area contributed by atoms with Gasteiger partial charge in [0.2, 0.25) is 11.8 Å². The summed E-state index contributed by atoms with van der Waals surface area (Å²) in [5, 5.41) is 0. The number of benzene rings is 1. The van der Waals surface area contributed by atoms with Gasteiger partial charge >= 0.3 is 0 Å². The van der Waals surface area contributed by atoms with Crippen LogP contribution in [0.3, 0.4) is 0 Å². The molecule has 0 radical (unpaired) electrons. The van der Waals surface area contributed by atoms with Crippen LogP contribution in [0.15, 0.2) is 48.8 Å². The molecule has 32 heavy (non-hydrogen) atoms. The van der Waals surface area contributed by atoms with Gasteiger partial charge < -0.3 is 14.5 Å². The molecule has 1 unspecified atom stereocenters. The highest BCUT2D eigenvalue weighted by Gasteiger charge is 2.28. The molecule has 2 amide bonds. The highest BCUT2D eigenvalue weighted by atomic mass is 16.5. The van der Waals surface area contributed by atoms with Gasteiger partial charge in [0.05, 0.1) is 13.2 Å². The summed E-state index contributed by atoms with van der Waals surface area (Å²) in [5.74, 6) is 0.989. The maximum absolute atomic E-state index is 13.3. The number of aromatic nitrogens is 1. The van der Waals surface area contributed by atoms with Crippen LogP contribution in [0.1, 0.15) is 49.7 Å². The summed E-state index contributed by atoms with van der Waals surface area (Å²) >= 11 is 0. The van der Waals surface area contributed by atoms with E-state index in [1.54, 1.807) is 17.3 Å². The van der Waals surface area contributed by atoms with Crippen molar-refractivity contribution < 1.29 is 14.3 Å². The van der Waals surface area contributed by atoms with Crippen molar-refractivity contribution >= 4 is 11.8 Å². The van der Waals surface area contributed by atoms with E-state index in [0.29, 0.717) is 32.4 Å². The summed E-state index contributed by atoms with van der Waals surface area (Å²) in [4.78, 5) is 34.1. The molecule has 1 fully saturated rings. The lowest BCUT2D eigenvalue weighted by Gasteiger charge is -2.37. The van der Waals surface area contributed by atoms with E-state index in [0.717, 1.165) is 50.0 Å². The second-order valence-electron chi connectivity index (χ2n) is 8.80.